The topological polar surface area (TPSA) is 68.5 Å². The summed E-state index contributed by atoms with van der Waals surface area (Å²) < 4.78 is 34.3. The molecule has 0 radical (unpaired) electrons. The lowest BCUT2D eigenvalue weighted by Crippen LogP contribution is -2.27. The number of aryl methyl sites for hydroxylation is 1. The van der Waals surface area contributed by atoms with Crippen LogP contribution in [0.3, 0.4) is 0 Å². The highest BCUT2D eigenvalue weighted by molar-refractivity contribution is 7.99. The normalized spacial score (nSPS) is 10.9. The van der Waals surface area contributed by atoms with Crippen molar-refractivity contribution in [2.75, 3.05) is 12.8 Å². The zero-order valence-electron chi connectivity index (χ0n) is 15.8. The fourth-order valence-electron chi connectivity index (χ4n) is 2.45. The Kier molecular flexibility index (Phi) is 6.82. The Morgan fingerprint density at radius 3 is 2.48 bits per heavy atom. The summed E-state index contributed by atoms with van der Waals surface area (Å²) in [6.45, 7) is -0.530. The highest BCUT2D eigenvalue weighted by atomic mass is 32.2. The molecule has 152 valence electrons. The summed E-state index contributed by atoms with van der Waals surface area (Å²) in [5.41, 5.74) is 2.75. The quantitative estimate of drug-likeness (QED) is 0.504. The van der Waals surface area contributed by atoms with Gasteiger partial charge in [-0.15, -0.1) is 10.2 Å². The molecule has 0 aliphatic rings. The van der Waals surface area contributed by atoms with Crippen LogP contribution < -0.4 is 4.74 Å². The first kappa shape index (κ1) is 20.8. The van der Waals surface area contributed by atoms with Gasteiger partial charge in [0.15, 0.2) is 0 Å². The molecular weight excluding hydrogens is 400 g/mol. The largest absolute Gasteiger partial charge is 0.435 e. The number of aromatic nitrogens is 2. The molecule has 6 nitrogen and oxygen atoms in total. The van der Waals surface area contributed by atoms with Gasteiger partial charge in [0.25, 0.3) is 5.22 Å². The average molecular weight is 419 g/mol. The number of carbonyl (C=O) groups excluding carboxylic acids is 1. The summed E-state index contributed by atoms with van der Waals surface area (Å²) in [6, 6.07) is 13.9. The summed E-state index contributed by atoms with van der Waals surface area (Å²) in [6.07, 6.45) is 0. The molecular formula is C20H19F2N3O3S. The number of benzene rings is 2. The molecule has 0 aliphatic heterocycles. The molecule has 0 saturated carbocycles. The molecule has 0 fully saturated rings. The van der Waals surface area contributed by atoms with Crippen LogP contribution in [0.2, 0.25) is 0 Å². The molecule has 0 saturated heterocycles. The molecule has 0 spiro atoms. The van der Waals surface area contributed by atoms with Gasteiger partial charge in [-0.25, -0.2) is 0 Å². The van der Waals surface area contributed by atoms with E-state index in [1.54, 1.807) is 19.2 Å². The van der Waals surface area contributed by atoms with E-state index in [9.17, 15) is 13.6 Å². The zero-order chi connectivity index (χ0) is 20.8. The maximum Gasteiger partial charge on any atom is 0.387 e. The standard InChI is InChI=1S/C20H19F2N3O3S/c1-13-3-7-15(8-4-13)18-23-24-20(28-18)29-12-17(26)25(2)11-14-5-9-16(10-6-14)27-19(21)22/h3-10,19H,11-12H2,1-2H3. The van der Waals surface area contributed by atoms with E-state index >= 15 is 0 Å². The molecule has 1 heterocycles. The van der Waals surface area contributed by atoms with Crippen LogP contribution in [0.1, 0.15) is 11.1 Å². The molecule has 9 heteroatoms. The lowest BCUT2D eigenvalue weighted by Gasteiger charge is -2.17. The maximum atomic E-state index is 12.3. The third kappa shape index (κ3) is 6.02. The van der Waals surface area contributed by atoms with Crippen molar-refractivity contribution in [3.05, 3.63) is 59.7 Å². The molecule has 3 rings (SSSR count). The first-order valence-electron chi connectivity index (χ1n) is 8.72. The van der Waals surface area contributed by atoms with Gasteiger partial charge in [-0.2, -0.15) is 8.78 Å². The van der Waals surface area contributed by atoms with Gasteiger partial charge in [-0.1, -0.05) is 41.6 Å². The van der Waals surface area contributed by atoms with Crippen molar-refractivity contribution in [1.29, 1.82) is 0 Å². The Balaban J connectivity index is 1.50. The number of hydrogen-bond donors (Lipinski definition) is 0. The number of amides is 1. The Hall–Kier alpha value is -2.94. The van der Waals surface area contributed by atoms with E-state index < -0.39 is 6.61 Å². The van der Waals surface area contributed by atoms with Gasteiger partial charge in [0, 0.05) is 19.2 Å². The number of carbonyl (C=O) groups is 1. The van der Waals surface area contributed by atoms with Crippen molar-refractivity contribution >= 4 is 17.7 Å². The van der Waals surface area contributed by atoms with E-state index in [1.165, 1.54) is 17.0 Å². The van der Waals surface area contributed by atoms with Crippen LogP contribution in [0.15, 0.2) is 58.2 Å². The number of halogens is 2. The fourth-order valence-corrected chi connectivity index (χ4v) is 3.16. The van der Waals surface area contributed by atoms with Gasteiger partial charge in [-0.05, 0) is 36.8 Å². The van der Waals surface area contributed by atoms with Crippen molar-refractivity contribution in [1.82, 2.24) is 15.1 Å². The minimum absolute atomic E-state index is 0.0778. The lowest BCUT2D eigenvalue weighted by molar-refractivity contribution is -0.127. The summed E-state index contributed by atoms with van der Waals surface area (Å²) in [4.78, 5) is 13.9. The smallest absolute Gasteiger partial charge is 0.387 e. The second kappa shape index (κ2) is 9.51. The molecule has 1 aromatic heterocycles. The molecule has 1 amide bonds. The summed E-state index contributed by atoms with van der Waals surface area (Å²) in [5.74, 6) is 0.491. The third-order valence-corrected chi connectivity index (χ3v) is 4.82. The van der Waals surface area contributed by atoms with Crippen LogP contribution in [-0.4, -0.2) is 40.4 Å². The number of hydrogen-bond acceptors (Lipinski definition) is 6. The van der Waals surface area contributed by atoms with Crippen molar-refractivity contribution < 1.29 is 22.7 Å². The van der Waals surface area contributed by atoms with Crippen LogP contribution in [0.5, 0.6) is 5.75 Å². The highest BCUT2D eigenvalue weighted by Crippen LogP contribution is 2.24. The third-order valence-electron chi connectivity index (χ3n) is 4.02. The fraction of sp³-hybridized carbons (Fsp3) is 0.250. The monoisotopic (exact) mass is 419 g/mol. The number of nitrogens with zero attached hydrogens (tertiary/aromatic N) is 3. The van der Waals surface area contributed by atoms with Gasteiger partial charge in [0.1, 0.15) is 5.75 Å². The molecule has 0 atom stereocenters. The molecule has 0 N–H and O–H groups in total. The highest BCUT2D eigenvalue weighted by Gasteiger charge is 2.14. The Labute approximate surface area is 170 Å². The number of thioether (sulfide) groups is 1. The second-order valence-corrected chi connectivity index (χ2v) is 7.23. The van der Waals surface area contributed by atoms with Crippen LogP contribution in [0.25, 0.3) is 11.5 Å². The lowest BCUT2D eigenvalue weighted by atomic mass is 10.1. The summed E-state index contributed by atoms with van der Waals surface area (Å²) in [5, 5.41) is 8.29. The van der Waals surface area contributed by atoms with E-state index in [1.807, 2.05) is 31.2 Å². The van der Waals surface area contributed by atoms with Crippen molar-refractivity contribution in [2.24, 2.45) is 0 Å². The van der Waals surface area contributed by atoms with E-state index in [2.05, 4.69) is 14.9 Å². The van der Waals surface area contributed by atoms with Crippen molar-refractivity contribution in [2.45, 2.75) is 25.3 Å². The van der Waals surface area contributed by atoms with Crippen molar-refractivity contribution in [3.63, 3.8) is 0 Å². The zero-order valence-corrected chi connectivity index (χ0v) is 16.7. The van der Waals surface area contributed by atoms with Gasteiger partial charge in [0.05, 0.1) is 5.75 Å². The maximum absolute atomic E-state index is 12.3. The Bertz CT molecular complexity index is 946. The van der Waals surface area contributed by atoms with Gasteiger partial charge in [0.2, 0.25) is 11.8 Å². The van der Waals surface area contributed by atoms with Gasteiger partial charge in [-0.3, -0.25) is 4.79 Å². The number of rotatable bonds is 8. The first-order valence-corrected chi connectivity index (χ1v) is 9.70. The molecule has 0 unspecified atom stereocenters. The minimum atomic E-state index is -2.86. The Morgan fingerprint density at radius 1 is 1.14 bits per heavy atom. The van der Waals surface area contributed by atoms with E-state index in [0.717, 1.165) is 28.5 Å². The summed E-state index contributed by atoms with van der Waals surface area (Å²) >= 11 is 1.16. The second-order valence-electron chi connectivity index (χ2n) is 6.30. The average Bonchev–Trinajstić information content (AvgIpc) is 3.16. The van der Waals surface area contributed by atoms with Crippen LogP contribution in [-0.2, 0) is 11.3 Å². The Morgan fingerprint density at radius 2 is 1.83 bits per heavy atom. The minimum Gasteiger partial charge on any atom is -0.435 e. The molecule has 29 heavy (non-hydrogen) atoms. The van der Waals surface area contributed by atoms with E-state index in [0.29, 0.717) is 17.7 Å². The summed E-state index contributed by atoms with van der Waals surface area (Å²) in [7, 11) is 1.66. The molecule has 3 aromatic rings. The molecule has 0 bridgehead atoms. The SMILES string of the molecule is Cc1ccc(-c2nnc(SCC(=O)N(C)Cc3ccc(OC(F)F)cc3)o2)cc1. The number of ether oxygens (including phenoxy) is 1. The predicted octanol–water partition coefficient (Wildman–Crippen LogP) is 4.40. The molecule has 2 aromatic carbocycles. The number of alkyl halides is 2. The van der Waals surface area contributed by atoms with Gasteiger partial charge >= 0.3 is 6.61 Å². The van der Waals surface area contributed by atoms with E-state index in [-0.39, 0.29) is 17.4 Å². The van der Waals surface area contributed by atoms with Crippen LogP contribution >= 0.6 is 11.8 Å². The first-order chi connectivity index (χ1) is 13.9. The van der Waals surface area contributed by atoms with E-state index in [4.69, 9.17) is 4.42 Å². The van der Waals surface area contributed by atoms with Gasteiger partial charge < -0.3 is 14.1 Å². The molecule has 0 aliphatic carbocycles. The predicted molar refractivity (Wildman–Crippen MR) is 105 cm³/mol. The van der Waals surface area contributed by atoms with Crippen LogP contribution in [0.4, 0.5) is 8.78 Å². The van der Waals surface area contributed by atoms with Crippen LogP contribution in [0, 0.1) is 6.92 Å². The van der Waals surface area contributed by atoms with Crippen molar-refractivity contribution in [3.8, 4) is 17.2 Å².